The molecule has 0 fully saturated rings. The van der Waals surface area contributed by atoms with E-state index < -0.39 is 30.5 Å². The molecule has 2 aromatic carbocycles. The summed E-state index contributed by atoms with van der Waals surface area (Å²) >= 11 is 0. The molecule has 0 radical (unpaired) electrons. The van der Waals surface area contributed by atoms with Crippen LogP contribution in [-0.4, -0.2) is 55.7 Å². The summed E-state index contributed by atoms with van der Waals surface area (Å²) in [7, 11) is 1.64. The number of hydrogen-bond donors (Lipinski definition) is 1. The van der Waals surface area contributed by atoms with Gasteiger partial charge in [-0.3, -0.25) is 19.4 Å². The lowest BCUT2D eigenvalue weighted by Gasteiger charge is -2.33. The van der Waals surface area contributed by atoms with Crippen LogP contribution in [0.1, 0.15) is 12.0 Å². The molecule has 1 N–H and O–H groups in total. The molecule has 4 rings (SSSR count). The average molecular weight is 449 g/mol. The highest BCUT2D eigenvalue weighted by atomic mass is 19.4. The summed E-state index contributed by atoms with van der Waals surface area (Å²) in [6, 6.07) is 9.12. The fourth-order valence-corrected chi connectivity index (χ4v) is 3.86. The summed E-state index contributed by atoms with van der Waals surface area (Å²) < 4.78 is 52.5. The van der Waals surface area contributed by atoms with Crippen molar-refractivity contribution in [1.29, 1.82) is 0 Å². The number of ether oxygens (including phenoxy) is 2. The number of alkyl halides is 3. The molecule has 2 heterocycles. The van der Waals surface area contributed by atoms with Crippen molar-refractivity contribution in [2.45, 2.75) is 25.2 Å². The van der Waals surface area contributed by atoms with Gasteiger partial charge in [-0.1, -0.05) is 18.2 Å². The zero-order valence-electron chi connectivity index (χ0n) is 17.3. The number of fused-ring (bicyclic) bond motifs is 2. The molecule has 0 saturated carbocycles. The normalized spacial score (nSPS) is 18.1. The van der Waals surface area contributed by atoms with Gasteiger partial charge in [0.15, 0.2) is 11.5 Å². The lowest BCUT2D eigenvalue weighted by atomic mass is 10.1. The van der Waals surface area contributed by atoms with Gasteiger partial charge in [-0.15, -0.1) is 0 Å². The average Bonchev–Trinajstić information content (AvgIpc) is 2.89. The Bertz CT molecular complexity index is 1030. The fourth-order valence-electron chi connectivity index (χ4n) is 3.86. The number of carbonyl (C=O) groups excluding carboxylic acids is 2. The van der Waals surface area contributed by atoms with Crippen molar-refractivity contribution in [3.8, 4) is 11.5 Å². The molecule has 1 atom stereocenters. The van der Waals surface area contributed by atoms with Crippen LogP contribution in [0.25, 0.3) is 0 Å². The molecule has 2 amide bonds. The number of nitrogens with zero attached hydrogens (tertiary/aromatic N) is 2. The second kappa shape index (κ2) is 8.70. The van der Waals surface area contributed by atoms with E-state index in [-0.39, 0.29) is 17.9 Å². The third-order valence-electron chi connectivity index (χ3n) is 5.24. The zero-order chi connectivity index (χ0) is 22.9. The van der Waals surface area contributed by atoms with E-state index in [1.54, 1.807) is 30.1 Å². The molecule has 10 heteroatoms. The first-order chi connectivity index (χ1) is 15.2. The Morgan fingerprint density at radius 2 is 1.88 bits per heavy atom. The molecule has 0 spiro atoms. The molecule has 32 heavy (non-hydrogen) atoms. The van der Waals surface area contributed by atoms with E-state index in [0.717, 1.165) is 5.56 Å². The number of para-hydroxylation sites is 2. The first-order valence-electron chi connectivity index (χ1n) is 10.1. The fraction of sp³-hybridized carbons (Fsp3) is 0.364. The number of amides is 2. The highest BCUT2D eigenvalue weighted by Crippen LogP contribution is 2.38. The van der Waals surface area contributed by atoms with E-state index in [1.807, 2.05) is 6.07 Å². The molecule has 170 valence electrons. The van der Waals surface area contributed by atoms with Gasteiger partial charge in [0.1, 0.15) is 19.3 Å². The number of nitrogens with one attached hydrogen (secondary N) is 1. The van der Waals surface area contributed by atoms with Gasteiger partial charge in [0.25, 0.3) is 0 Å². The van der Waals surface area contributed by atoms with Crippen LogP contribution < -0.4 is 19.7 Å². The van der Waals surface area contributed by atoms with Crippen molar-refractivity contribution >= 4 is 23.2 Å². The molecule has 7 nitrogen and oxygen atoms in total. The summed E-state index contributed by atoms with van der Waals surface area (Å²) in [5.74, 6) is -0.322. The summed E-state index contributed by atoms with van der Waals surface area (Å²) in [6.45, 7) is 0.940. The van der Waals surface area contributed by atoms with Gasteiger partial charge in [-0.2, -0.15) is 13.2 Å². The van der Waals surface area contributed by atoms with Crippen molar-refractivity contribution in [3.05, 3.63) is 48.0 Å². The Kier molecular flexibility index (Phi) is 5.96. The largest absolute Gasteiger partial charge is 0.486 e. The van der Waals surface area contributed by atoms with Crippen molar-refractivity contribution < 1.29 is 32.2 Å². The Hall–Kier alpha value is -3.27. The van der Waals surface area contributed by atoms with Crippen LogP contribution in [0, 0.1) is 0 Å². The van der Waals surface area contributed by atoms with E-state index in [4.69, 9.17) is 9.47 Å². The summed E-state index contributed by atoms with van der Waals surface area (Å²) in [4.78, 5) is 27.5. The van der Waals surface area contributed by atoms with E-state index in [9.17, 15) is 22.8 Å². The third kappa shape index (κ3) is 4.64. The van der Waals surface area contributed by atoms with Crippen molar-refractivity contribution in [3.63, 3.8) is 0 Å². The van der Waals surface area contributed by atoms with Crippen LogP contribution in [-0.2, 0) is 16.1 Å². The van der Waals surface area contributed by atoms with Gasteiger partial charge in [0.2, 0.25) is 11.8 Å². The Morgan fingerprint density at radius 1 is 1.16 bits per heavy atom. The number of hydrogen-bond acceptors (Lipinski definition) is 5. The van der Waals surface area contributed by atoms with Crippen LogP contribution in [0.2, 0.25) is 0 Å². The van der Waals surface area contributed by atoms with Gasteiger partial charge in [0, 0.05) is 6.54 Å². The maximum atomic E-state index is 13.8. The maximum absolute atomic E-state index is 13.8. The topological polar surface area (TPSA) is 71.1 Å². The first-order valence-corrected chi connectivity index (χ1v) is 10.1. The number of benzene rings is 2. The lowest BCUT2D eigenvalue weighted by molar-refractivity contribution is -0.158. The van der Waals surface area contributed by atoms with Crippen LogP contribution in [0.15, 0.2) is 42.5 Å². The van der Waals surface area contributed by atoms with Gasteiger partial charge >= 0.3 is 6.18 Å². The Balaban J connectivity index is 1.55. The second-order valence-corrected chi connectivity index (χ2v) is 7.74. The van der Waals surface area contributed by atoms with E-state index >= 15 is 0 Å². The minimum absolute atomic E-state index is 0.0263. The predicted molar refractivity (Wildman–Crippen MR) is 111 cm³/mol. The Labute approximate surface area is 182 Å². The molecular weight excluding hydrogens is 427 g/mol. The zero-order valence-corrected chi connectivity index (χ0v) is 17.3. The van der Waals surface area contributed by atoms with Crippen LogP contribution in [0.4, 0.5) is 24.5 Å². The highest BCUT2D eigenvalue weighted by molar-refractivity contribution is 6.05. The quantitative estimate of drug-likeness (QED) is 0.777. The SMILES string of the molecule is CN(CC(=O)N1c2ccccc2NC(=O)C[C@@H]1C(F)(F)F)Cc1ccc2c(c1)OCCO2. The van der Waals surface area contributed by atoms with Crippen molar-refractivity contribution in [2.75, 3.05) is 37.0 Å². The molecular formula is C22H22F3N3O4. The maximum Gasteiger partial charge on any atom is 0.409 e. The molecule has 0 aromatic heterocycles. The number of anilines is 2. The molecule has 2 aromatic rings. The van der Waals surface area contributed by atoms with Crippen molar-refractivity contribution in [2.24, 2.45) is 0 Å². The smallest absolute Gasteiger partial charge is 0.409 e. The van der Waals surface area contributed by atoms with E-state index in [1.165, 1.54) is 18.2 Å². The number of carbonyl (C=O) groups is 2. The van der Waals surface area contributed by atoms with Gasteiger partial charge in [-0.05, 0) is 36.9 Å². The Morgan fingerprint density at radius 3 is 2.62 bits per heavy atom. The first kappa shape index (κ1) is 21.9. The van der Waals surface area contributed by atoms with Crippen LogP contribution in [0.3, 0.4) is 0 Å². The predicted octanol–water partition coefficient (Wildman–Crippen LogP) is 3.20. The molecule has 0 bridgehead atoms. The minimum atomic E-state index is -4.77. The van der Waals surface area contributed by atoms with Crippen LogP contribution >= 0.6 is 0 Å². The van der Waals surface area contributed by atoms with E-state index in [2.05, 4.69) is 5.32 Å². The summed E-state index contributed by atoms with van der Waals surface area (Å²) in [5, 5.41) is 2.46. The molecule has 2 aliphatic rings. The second-order valence-electron chi connectivity index (χ2n) is 7.74. The minimum Gasteiger partial charge on any atom is -0.486 e. The third-order valence-corrected chi connectivity index (χ3v) is 5.24. The van der Waals surface area contributed by atoms with Gasteiger partial charge in [-0.25, -0.2) is 0 Å². The standard InChI is InChI=1S/C22H22F3N3O4/c1-27(12-14-6-7-17-18(10-14)32-9-8-31-17)13-21(30)28-16-5-3-2-4-15(16)26-20(29)11-19(28)22(23,24)25/h2-7,10,19H,8-9,11-13H2,1H3,(H,26,29)/t19-/m1/s1. The molecule has 0 unspecified atom stereocenters. The number of likely N-dealkylation sites (N-methyl/N-ethyl adjacent to an activating group) is 1. The van der Waals surface area contributed by atoms with E-state index in [0.29, 0.717) is 36.2 Å². The summed E-state index contributed by atoms with van der Waals surface area (Å²) in [5.41, 5.74) is 1.02. The number of rotatable bonds is 4. The van der Waals surface area contributed by atoms with Crippen molar-refractivity contribution in [1.82, 2.24) is 4.90 Å². The van der Waals surface area contributed by atoms with Gasteiger partial charge < -0.3 is 14.8 Å². The summed E-state index contributed by atoms with van der Waals surface area (Å²) in [6.07, 6.45) is -5.63. The molecule has 0 saturated heterocycles. The molecule has 0 aliphatic carbocycles. The van der Waals surface area contributed by atoms with Crippen LogP contribution in [0.5, 0.6) is 11.5 Å². The molecule has 2 aliphatic heterocycles. The lowest BCUT2D eigenvalue weighted by Crippen LogP contribution is -2.52. The number of halogens is 3. The monoisotopic (exact) mass is 449 g/mol. The highest BCUT2D eigenvalue weighted by Gasteiger charge is 2.49. The van der Waals surface area contributed by atoms with Gasteiger partial charge in [0.05, 0.1) is 24.3 Å².